The van der Waals surface area contributed by atoms with Gasteiger partial charge in [0.25, 0.3) is 0 Å². The van der Waals surface area contributed by atoms with Gasteiger partial charge >= 0.3 is 0 Å². The van der Waals surface area contributed by atoms with Crippen molar-refractivity contribution in [1.29, 1.82) is 5.26 Å². The molecule has 0 aromatic heterocycles. The minimum atomic E-state index is -0.481. The fourth-order valence-corrected chi connectivity index (χ4v) is 6.02. The fourth-order valence-electron chi connectivity index (χ4n) is 6.02. The van der Waals surface area contributed by atoms with Crippen LogP contribution in [-0.4, -0.2) is 0 Å². The Balaban J connectivity index is 1.42. The van der Waals surface area contributed by atoms with Gasteiger partial charge in [0.05, 0.1) is 5.56 Å². The zero-order valence-corrected chi connectivity index (χ0v) is 19.6. The van der Waals surface area contributed by atoms with Crippen LogP contribution < -0.4 is 0 Å². The van der Waals surface area contributed by atoms with Crippen molar-refractivity contribution in [2.24, 2.45) is 5.92 Å². The Morgan fingerprint density at radius 2 is 1.64 bits per heavy atom. The molecule has 1 fully saturated rings. The number of hydrogen-bond donors (Lipinski definition) is 0. The molecule has 176 valence electrons. The minimum Gasteiger partial charge on any atom is -0.207 e. The summed E-state index contributed by atoms with van der Waals surface area (Å²) in [5.74, 6) is -0.719. The maximum atomic E-state index is 15.2. The van der Waals surface area contributed by atoms with Crippen molar-refractivity contribution >= 4 is 0 Å². The van der Waals surface area contributed by atoms with Crippen molar-refractivity contribution in [3.05, 3.63) is 69.5 Å². The van der Waals surface area contributed by atoms with Crippen molar-refractivity contribution in [2.75, 3.05) is 0 Å². The summed E-state index contributed by atoms with van der Waals surface area (Å²) in [5.41, 5.74) is 2.24. The van der Waals surface area contributed by atoms with E-state index >= 15 is 8.78 Å². The summed E-state index contributed by atoms with van der Waals surface area (Å²) >= 11 is 0. The van der Waals surface area contributed by atoms with Crippen molar-refractivity contribution < 1.29 is 13.2 Å². The molecule has 4 heteroatoms. The maximum Gasteiger partial charge on any atom is 0.144 e. The molecule has 0 saturated heterocycles. The van der Waals surface area contributed by atoms with Crippen LogP contribution in [0.15, 0.2) is 24.3 Å². The maximum absolute atomic E-state index is 15.2. The van der Waals surface area contributed by atoms with Gasteiger partial charge in [0, 0.05) is 5.56 Å². The van der Waals surface area contributed by atoms with Gasteiger partial charge in [0.15, 0.2) is 0 Å². The third-order valence-corrected chi connectivity index (χ3v) is 7.96. The number of benzene rings is 2. The van der Waals surface area contributed by atoms with E-state index in [1.54, 1.807) is 18.2 Å². The van der Waals surface area contributed by atoms with Gasteiger partial charge in [0.1, 0.15) is 23.5 Å². The van der Waals surface area contributed by atoms with E-state index in [1.165, 1.54) is 38.2 Å². The first-order chi connectivity index (χ1) is 16.0. The number of fused-ring (bicyclic) bond motifs is 1. The summed E-state index contributed by atoms with van der Waals surface area (Å²) in [5, 5.41) is 9.04. The lowest BCUT2D eigenvalue weighted by Crippen LogP contribution is -2.18. The van der Waals surface area contributed by atoms with Gasteiger partial charge in [0.2, 0.25) is 0 Å². The Labute approximate surface area is 196 Å². The molecule has 4 rings (SSSR count). The Bertz CT molecular complexity index is 991. The quantitative estimate of drug-likeness (QED) is 0.386. The summed E-state index contributed by atoms with van der Waals surface area (Å²) in [7, 11) is 0. The van der Waals surface area contributed by atoms with Gasteiger partial charge in [-0.15, -0.1) is 0 Å². The summed E-state index contributed by atoms with van der Waals surface area (Å²) in [6, 6.07) is 8.17. The highest BCUT2D eigenvalue weighted by Gasteiger charge is 2.30. The largest absolute Gasteiger partial charge is 0.207 e. The van der Waals surface area contributed by atoms with Crippen LogP contribution in [-0.2, 0) is 12.8 Å². The standard InChI is InChI=1S/C29H34F3N/c1-2-3-4-5-6-19-7-9-20(10-8-19)24-16-26(30)28(27(31)17-24)22-13-14-25-21(15-22)11-12-23(18-33)29(25)32/h11-12,16-17,19-20,22H,2-10,13-15H2,1H3. The summed E-state index contributed by atoms with van der Waals surface area (Å²) < 4.78 is 44.8. The Hall–Kier alpha value is -2.28. The average Bonchev–Trinajstić information content (AvgIpc) is 2.82. The molecule has 1 nitrogen and oxygen atoms in total. The molecule has 0 spiro atoms. The van der Waals surface area contributed by atoms with Gasteiger partial charge in [-0.2, -0.15) is 5.26 Å². The molecule has 0 bridgehead atoms. The van der Waals surface area contributed by atoms with E-state index in [9.17, 15) is 4.39 Å². The van der Waals surface area contributed by atoms with Gasteiger partial charge in [-0.25, -0.2) is 13.2 Å². The lowest BCUT2D eigenvalue weighted by Gasteiger charge is -2.30. The van der Waals surface area contributed by atoms with Crippen LogP contribution in [0, 0.1) is 34.7 Å². The van der Waals surface area contributed by atoms with E-state index in [4.69, 9.17) is 5.26 Å². The molecule has 2 aliphatic carbocycles. The highest BCUT2D eigenvalue weighted by Crippen LogP contribution is 2.41. The number of halogens is 3. The second-order valence-corrected chi connectivity index (χ2v) is 10.1. The van der Waals surface area contributed by atoms with E-state index in [2.05, 4.69) is 6.92 Å². The lowest BCUT2D eigenvalue weighted by atomic mass is 9.75. The molecule has 0 aliphatic heterocycles. The Morgan fingerprint density at radius 1 is 0.909 bits per heavy atom. The van der Waals surface area contributed by atoms with Crippen molar-refractivity contribution in [3.8, 4) is 6.07 Å². The molecule has 2 aliphatic rings. The molecule has 1 saturated carbocycles. The highest BCUT2D eigenvalue weighted by molar-refractivity contribution is 5.43. The van der Waals surface area contributed by atoms with Crippen molar-refractivity contribution in [1.82, 2.24) is 0 Å². The topological polar surface area (TPSA) is 23.8 Å². The number of nitrogens with zero attached hydrogens (tertiary/aromatic N) is 1. The molecule has 1 unspecified atom stereocenters. The molecule has 2 aromatic carbocycles. The van der Waals surface area contributed by atoms with E-state index in [0.29, 0.717) is 24.8 Å². The molecule has 0 heterocycles. The van der Waals surface area contributed by atoms with Crippen LogP contribution in [0.3, 0.4) is 0 Å². The predicted octanol–water partition coefficient (Wildman–Crippen LogP) is 8.49. The van der Waals surface area contributed by atoms with Gasteiger partial charge in [-0.3, -0.25) is 0 Å². The van der Waals surface area contributed by atoms with Crippen LogP contribution in [0.5, 0.6) is 0 Å². The first-order valence-corrected chi connectivity index (χ1v) is 12.7. The summed E-state index contributed by atoms with van der Waals surface area (Å²) in [4.78, 5) is 0. The molecule has 2 aromatic rings. The van der Waals surface area contributed by atoms with Crippen LogP contribution in [0.2, 0.25) is 0 Å². The van der Waals surface area contributed by atoms with E-state index in [1.807, 2.05) is 6.07 Å². The summed E-state index contributed by atoms with van der Waals surface area (Å²) in [6.45, 7) is 2.23. The average molecular weight is 454 g/mol. The van der Waals surface area contributed by atoms with Crippen LogP contribution >= 0.6 is 0 Å². The second kappa shape index (κ2) is 10.8. The smallest absolute Gasteiger partial charge is 0.144 e. The zero-order chi connectivity index (χ0) is 23.4. The lowest BCUT2D eigenvalue weighted by molar-refractivity contribution is 0.301. The predicted molar refractivity (Wildman–Crippen MR) is 126 cm³/mol. The minimum absolute atomic E-state index is 0.0320. The number of hydrogen-bond acceptors (Lipinski definition) is 1. The summed E-state index contributed by atoms with van der Waals surface area (Å²) in [6.07, 6.45) is 12.0. The first-order valence-electron chi connectivity index (χ1n) is 12.7. The third-order valence-electron chi connectivity index (χ3n) is 7.96. The Kier molecular flexibility index (Phi) is 7.78. The normalized spacial score (nSPS) is 22.6. The van der Waals surface area contributed by atoms with Crippen molar-refractivity contribution in [2.45, 2.75) is 95.8 Å². The van der Waals surface area contributed by atoms with E-state index in [-0.39, 0.29) is 23.0 Å². The molecule has 1 atom stereocenters. The van der Waals surface area contributed by atoms with E-state index < -0.39 is 17.5 Å². The van der Waals surface area contributed by atoms with Crippen LogP contribution in [0.25, 0.3) is 0 Å². The Morgan fingerprint density at radius 3 is 2.30 bits per heavy atom. The number of nitriles is 1. The number of unbranched alkanes of at least 4 members (excludes halogenated alkanes) is 3. The molecular weight excluding hydrogens is 419 g/mol. The zero-order valence-electron chi connectivity index (χ0n) is 19.6. The molecule has 0 N–H and O–H groups in total. The van der Waals surface area contributed by atoms with Gasteiger partial charge in [-0.1, -0.05) is 45.1 Å². The van der Waals surface area contributed by atoms with Crippen LogP contribution in [0.4, 0.5) is 13.2 Å². The van der Waals surface area contributed by atoms with Crippen LogP contribution in [0.1, 0.15) is 111 Å². The monoisotopic (exact) mass is 453 g/mol. The molecular formula is C29H34F3N. The van der Waals surface area contributed by atoms with Gasteiger partial charge < -0.3 is 0 Å². The third kappa shape index (κ3) is 5.29. The molecule has 0 radical (unpaired) electrons. The SMILES string of the molecule is CCCCCCC1CCC(c2cc(F)c(C3CCc4c(ccc(C#N)c4F)C3)c(F)c2)CC1. The highest BCUT2D eigenvalue weighted by atomic mass is 19.1. The fraction of sp³-hybridized carbons (Fsp3) is 0.552. The number of rotatable bonds is 7. The second-order valence-electron chi connectivity index (χ2n) is 10.1. The first kappa shape index (κ1) is 23.9. The van der Waals surface area contributed by atoms with E-state index in [0.717, 1.165) is 42.7 Å². The van der Waals surface area contributed by atoms with Crippen molar-refractivity contribution in [3.63, 3.8) is 0 Å². The molecule has 0 amide bonds. The molecule has 33 heavy (non-hydrogen) atoms. The van der Waals surface area contributed by atoms with Gasteiger partial charge in [-0.05, 0) is 97.6 Å².